The molecule has 0 amide bonds. The maximum atomic E-state index is 5.80. The first-order valence-electron chi connectivity index (χ1n) is 5.61. The number of nitrogens with zero attached hydrogens (tertiary/aromatic N) is 1. The molecule has 1 aromatic heterocycles. The molecule has 0 atom stereocenters. The zero-order valence-electron chi connectivity index (χ0n) is 9.77. The Balaban J connectivity index is 2.17. The summed E-state index contributed by atoms with van der Waals surface area (Å²) >= 11 is 3.51. The van der Waals surface area contributed by atoms with E-state index in [0.29, 0.717) is 5.89 Å². The van der Waals surface area contributed by atoms with Gasteiger partial charge in [0.15, 0.2) is 5.58 Å². The third-order valence-electron chi connectivity index (χ3n) is 2.78. The highest BCUT2D eigenvalue weighted by molar-refractivity contribution is 9.10. The fourth-order valence-electron chi connectivity index (χ4n) is 1.83. The molecule has 0 aliphatic carbocycles. The monoisotopic (exact) mass is 302 g/mol. The molecule has 0 radical (unpaired) electrons. The van der Waals surface area contributed by atoms with Crippen LogP contribution in [0.1, 0.15) is 0 Å². The largest absolute Gasteiger partial charge is 0.436 e. The van der Waals surface area contributed by atoms with Crippen LogP contribution in [0.15, 0.2) is 51.4 Å². The molecular formula is C14H11BrN2O. The number of anilines is 1. The summed E-state index contributed by atoms with van der Waals surface area (Å²) in [7, 11) is 1.88. The maximum absolute atomic E-state index is 5.80. The topological polar surface area (TPSA) is 38.1 Å². The number of aromatic nitrogens is 1. The normalized spacial score (nSPS) is 10.8. The average molecular weight is 303 g/mol. The minimum atomic E-state index is 0.630. The third kappa shape index (κ3) is 1.88. The van der Waals surface area contributed by atoms with Gasteiger partial charge in [-0.1, -0.05) is 12.1 Å². The summed E-state index contributed by atoms with van der Waals surface area (Å²) in [4.78, 5) is 4.49. The van der Waals surface area contributed by atoms with Gasteiger partial charge in [-0.15, -0.1) is 0 Å². The van der Waals surface area contributed by atoms with Gasteiger partial charge in [-0.3, -0.25) is 0 Å². The zero-order valence-corrected chi connectivity index (χ0v) is 11.4. The van der Waals surface area contributed by atoms with Gasteiger partial charge in [-0.2, -0.15) is 0 Å². The quantitative estimate of drug-likeness (QED) is 0.767. The number of hydrogen-bond donors (Lipinski definition) is 1. The summed E-state index contributed by atoms with van der Waals surface area (Å²) in [6.45, 7) is 0. The molecule has 1 N–H and O–H groups in total. The van der Waals surface area contributed by atoms with Crippen LogP contribution in [0, 0.1) is 0 Å². The van der Waals surface area contributed by atoms with Crippen molar-refractivity contribution in [2.24, 2.45) is 0 Å². The Morgan fingerprint density at radius 1 is 1.17 bits per heavy atom. The van der Waals surface area contributed by atoms with Gasteiger partial charge in [-0.25, -0.2) is 4.98 Å². The van der Waals surface area contributed by atoms with E-state index in [1.807, 2.05) is 49.5 Å². The van der Waals surface area contributed by atoms with Gasteiger partial charge < -0.3 is 9.73 Å². The van der Waals surface area contributed by atoms with Gasteiger partial charge in [0.2, 0.25) is 5.89 Å². The fourth-order valence-corrected chi connectivity index (χ4v) is 2.28. The van der Waals surface area contributed by atoms with Crippen molar-refractivity contribution in [2.45, 2.75) is 0 Å². The highest BCUT2D eigenvalue weighted by Crippen LogP contribution is 2.30. The van der Waals surface area contributed by atoms with E-state index in [-0.39, 0.29) is 0 Å². The van der Waals surface area contributed by atoms with Gasteiger partial charge >= 0.3 is 0 Å². The second-order valence-corrected chi connectivity index (χ2v) is 4.79. The van der Waals surface area contributed by atoms with Crippen LogP contribution < -0.4 is 5.32 Å². The molecule has 0 aliphatic rings. The molecule has 3 rings (SSSR count). The summed E-state index contributed by atoms with van der Waals surface area (Å²) in [6.07, 6.45) is 0. The second-order valence-electron chi connectivity index (χ2n) is 3.93. The molecule has 0 fully saturated rings. The van der Waals surface area contributed by atoms with Crippen LogP contribution in [-0.2, 0) is 0 Å². The van der Waals surface area contributed by atoms with Crippen LogP contribution in [0.3, 0.4) is 0 Å². The number of fused-ring (bicyclic) bond motifs is 1. The lowest BCUT2D eigenvalue weighted by Crippen LogP contribution is -1.85. The van der Waals surface area contributed by atoms with Crippen molar-refractivity contribution in [3.05, 3.63) is 46.9 Å². The van der Waals surface area contributed by atoms with Gasteiger partial charge in [0.25, 0.3) is 0 Å². The zero-order chi connectivity index (χ0) is 12.5. The predicted molar refractivity (Wildman–Crippen MR) is 76.7 cm³/mol. The van der Waals surface area contributed by atoms with E-state index >= 15 is 0 Å². The molecule has 18 heavy (non-hydrogen) atoms. The lowest BCUT2D eigenvalue weighted by Gasteiger charge is -1.97. The summed E-state index contributed by atoms with van der Waals surface area (Å²) in [5.41, 5.74) is 3.62. The Labute approximate surface area is 113 Å². The lowest BCUT2D eigenvalue weighted by molar-refractivity contribution is 0.619. The number of oxazole rings is 1. The maximum Gasteiger partial charge on any atom is 0.228 e. The Bertz CT molecular complexity index is 706. The van der Waals surface area contributed by atoms with Crippen molar-refractivity contribution in [2.75, 3.05) is 12.4 Å². The average Bonchev–Trinajstić information content (AvgIpc) is 2.81. The number of hydrogen-bond acceptors (Lipinski definition) is 3. The smallest absolute Gasteiger partial charge is 0.228 e. The van der Waals surface area contributed by atoms with E-state index in [9.17, 15) is 0 Å². The number of halogens is 1. The van der Waals surface area contributed by atoms with E-state index in [4.69, 9.17) is 4.42 Å². The summed E-state index contributed by atoms with van der Waals surface area (Å²) in [5.74, 6) is 0.630. The van der Waals surface area contributed by atoms with Crippen molar-refractivity contribution < 1.29 is 4.42 Å². The molecule has 3 nitrogen and oxygen atoms in total. The predicted octanol–water partition coefficient (Wildman–Crippen LogP) is 4.30. The molecular weight excluding hydrogens is 292 g/mol. The molecule has 3 aromatic rings. The first-order valence-corrected chi connectivity index (χ1v) is 6.40. The third-order valence-corrected chi connectivity index (χ3v) is 3.47. The summed E-state index contributed by atoms with van der Waals surface area (Å²) in [5, 5.41) is 3.08. The van der Waals surface area contributed by atoms with E-state index < -0.39 is 0 Å². The molecule has 0 aliphatic heterocycles. The standard InChI is InChI=1S/C14H11BrN2O/c1-16-9-6-7-12-13(8-9)18-14(17-12)10-4-2-3-5-11(10)15/h2-8,16H,1H3. The molecule has 4 heteroatoms. The SMILES string of the molecule is CNc1ccc2nc(-c3ccccc3Br)oc2c1. The molecule has 0 saturated carbocycles. The minimum Gasteiger partial charge on any atom is -0.436 e. The van der Waals surface area contributed by atoms with Crippen LogP contribution in [-0.4, -0.2) is 12.0 Å². The second kappa shape index (κ2) is 4.46. The number of benzene rings is 2. The molecule has 90 valence electrons. The van der Waals surface area contributed by atoms with Crippen molar-refractivity contribution in [1.29, 1.82) is 0 Å². The van der Waals surface area contributed by atoms with Crippen molar-refractivity contribution in [3.63, 3.8) is 0 Å². The van der Waals surface area contributed by atoms with Gasteiger partial charge in [0, 0.05) is 23.3 Å². The van der Waals surface area contributed by atoms with Gasteiger partial charge in [0.05, 0.1) is 5.56 Å². The Morgan fingerprint density at radius 3 is 2.78 bits per heavy atom. The van der Waals surface area contributed by atoms with E-state index in [0.717, 1.165) is 26.8 Å². The van der Waals surface area contributed by atoms with Crippen LogP contribution in [0.25, 0.3) is 22.6 Å². The Kier molecular flexibility index (Phi) is 2.80. The van der Waals surface area contributed by atoms with E-state index in [2.05, 4.69) is 26.2 Å². The first kappa shape index (κ1) is 11.3. The first-order chi connectivity index (χ1) is 8.78. The van der Waals surface area contributed by atoms with Crippen molar-refractivity contribution >= 4 is 32.7 Å². The molecule has 0 saturated heterocycles. The van der Waals surface area contributed by atoms with E-state index in [1.165, 1.54) is 0 Å². The van der Waals surface area contributed by atoms with Gasteiger partial charge in [0.1, 0.15) is 5.52 Å². The highest BCUT2D eigenvalue weighted by atomic mass is 79.9. The van der Waals surface area contributed by atoms with Crippen molar-refractivity contribution in [1.82, 2.24) is 4.98 Å². The molecule has 0 unspecified atom stereocenters. The Hall–Kier alpha value is -1.81. The van der Waals surface area contributed by atoms with Gasteiger partial charge in [-0.05, 0) is 40.2 Å². The van der Waals surface area contributed by atoms with E-state index in [1.54, 1.807) is 0 Å². The van der Waals surface area contributed by atoms with Crippen LogP contribution >= 0.6 is 15.9 Å². The molecule has 0 spiro atoms. The molecule has 2 aromatic carbocycles. The summed E-state index contributed by atoms with van der Waals surface area (Å²) in [6, 6.07) is 13.8. The summed E-state index contributed by atoms with van der Waals surface area (Å²) < 4.78 is 6.77. The number of nitrogens with one attached hydrogen (secondary N) is 1. The van der Waals surface area contributed by atoms with Crippen LogP contribution in [0.5, 0.6) is 0 Å². The molecule has 1 heterocycles. The Morgan fingerprint density at radius 2 is 2.00 bits per heavy atom. The minimum absolute atomic E-state index is 0.630. The number of rotatable bonds is 2. The fraction of sp³-hybridized carbons (Fsp3) is 0.0714. The lowest BCUT2D eigenvalue weighted by atomic mass is 10.2. The highest BCUT2D eigenvalue weighted by Gasteiger charge is 2.10. The van der Waals surface area contributed by atoms with Crippen LogP contribution in [0.4, 0.5) is 5.69 Å². The van der Waals surface area contributed by atoms with Crippen LogP contribution in [0.2, 0.25) is 0 Å². The molecule has 0 bridgehead atoms. The van der Waals surface area contributed by atoms with Crippen molar-refractivity contribution in [3.8, 4) is 11.5 Å².